The van der Waals surface area contributed by atoms with Crippen molar-refractivity contribution in [2.24, 2.45) is 5.41 Å². The van der Waals surface area contributed by atoms with Crippen LogP contribution in [0.1, 0.15) is 25.8 Å². The lowest BCUT2D eigenvalue weighted by molar-refractivity contribution is 0.558. The molecule has 4 heteroatoms. The molecule has 1 saturated carbocycles. The summed E-state index contributed by atoms with van der Waals surface area (Å²) in [6, 6.07) is 0. The van der Waals surface area contributed by atoms with Gasteiger partial charge in [-0.2, -0.15) is 0 Å². The fourth-order valence-electron chi connectivity index (χ4n) is 1.90. The molecule has 0 saturated heterocycles. The van der Waals surface area contributed by atoms with Crippen LogP contribution in [0.4, 0.5) is 5.95 Å². The minimum Gasteiger partial charge on any atom is -0.368 e. The molecule has 72 valence electrons. The van der Waals surface area contributed by atoms with Crippen LogP contribution in [0.25, 0.3) is 4.85 Å². The van der Waals surface area contributed by atoms with E-state index in [1.54, 1.807) is 12.4 Å². The van der Waals surface area contributed by atoms with Gasteiger partial charge in [-0.25, -0.2) is 16.5 Å². The zero-order valence-corrected chi connectivity index (χ0v) is 8.28. The van der Waals surface area contributed by atoms with Crippen molar-refractivity contribution in [1.29, 1.82) is 0 Å². The molecule has 2 rings (SSSR count). The molecule has 0 radical (unpaired) electrons. The standard InChI is InChI=1S/C10H12N4/c1-9(2)6-10(9,12-3)7-4-13-8(11)14-5-7/h4-5H,6H2,1-2H3,(H2,11,13,14). The first kappa shape index (κ1) is 8.95. The van der Waals surface area contributed by atoms with E-state index in [2.05, 4.69) is 28.7 Å². The van der Waals surface area contributed by atoms with Gasteiger partial charge in [-0.1, -0.05) is 13.8 Å². The Morgan fingerprint density at radius 2 is 1.93 bits per heavy atom. The van der Waals surface area contributed by atoms with Gasteiger partial charge >= 0.3 is 0 Å². The van der Waals surface area contributed by atoms with Crippen molar-refractivity contribution in [3.05, 3.63) is 29.4 Å². The number of nitrogens with two attached hydrogens (primary N) is 1. The minimum atomic E-state index is -0.416. The molecule has 0 aromatic carbocycles. The summed E-state index contributed by atoms with van der Waals surface area (Å²) in [5.74, 6) is 0.257. The quantitative estimate of drug-likeness (QED) is 0.681. The van der Waals surface area contributed by atoms with Gasteiger partial charge in [0.2, 0.25) is 5.95 Å². The number of nitrogens with zero attached hydrogens (tertiary/aromatic N) is 3. The zero-order valence-electron chi connectivity index (χ0n) is 8.28. The fraction of sp³-hybridized carbons (Fsp3) is 0.500. The first-order valence-electron chi connectivity index (χ1n) is 4.48. The molecule has 1 aliphatic rings. The molecule has 2 N–H and O–H groups in total. The highest BCUT2D eigenvalue weighted by Crippen LogP contribution is 2.65. The van der Waals surface area contributed by atoms with E-state index in [0.717, 1.165) is 12.0 Å². The number of anilines is 1. The number of aromatic nitrogens is 2. The van der Waals surface area contributed by atoms with Gasteiger partial charge in [0.25, 0.3) is 5.54 Å². The van der Waals surface area contributed by atoms with E-state index in [1.165, 1.54) is 0 Å². The number of rotatable bonds is 1. The van der Waals surface area contributed by atoms with Gasteiger partial charge in [0.05, 0.1) is 11.0 Å². The molecule has 0 bridgehead atoms. The summed E-state index contributed by atoms with van der Waals surface area (Å²) in [6.45, 7) is 11.4. The van der Waals surface area contributed by atoms with Crippen LogP contribution in [0.15, 0.2) is 12.4 Å². The Hall–Kier alpha value is -1.63. The summed E-state index contributed by atoms with van der Waals surface area (Å²) >= 11 is 0. The maximum Gasteiger partial charge on any atom is 0.266 e. The lowest BCUT2D eigenvalue weighted by atomic mass is 10.00. The molecular formula is C10H12N4. The Labute approximate surface area is 83.0 Å². The average Bonchev–Trinajstić information content (AvgIpc) is 2.71. The first-order chi connectivity index (χ1) is 6.52. The van der Waals surface area contributed by atoms with Crippen LogP contribution in [0.2, 0.25) is 0 Å². The largest absolute Gasteiger partial charge is 0.368 e. The van der Waals surface area contributed by atoms with Gasteiger partial charge < -0.3 is 10.6 Å². The van der Waals surface area contributed by atoms with E-state index in [1.807, 2.05) is 0 Å². The third-order valence-electron chi connectivity index (χ3n) is 3.03. The predicted molar refractivity (Wildman–Crippen MR) is 53.1 cm³/mol. The summed E-state index contributed by atoms with van der Waals surface area (Å²) in [5.41, 5.74) is 5.90. The van der Waals surface area contributed by atoms with E-state index < -0.39 is 5.54 Å². The van der Waals surface area contributed by atoms with Crippen molar-refractivity contribution in [3.8, 4) is 0 Å². The Kier molecular flexibility index (Phi) is 1.56. The highest BCUT2D eigenvalue weighted by atomic mass is 15.0. The molecular weight excluding hydrogens is 176 g/mol. The van der Waals surface area contributed by atoms with Crippen molar-refractivity contribution >= 4 is 5.95 Å². The first-order valence-corrected chi connectivity index (χ1v) is 4.48. The highest BCUT2D eigenvalue weighted by Gasteiger charge is 2.70. The Morgan fingerprint density at radius 3 is 2.29 bits per heavy atom. The van der Waals surface area contributed by atoms with Crippen LogP contribution < -0.4 is 5.73 Å². The number of hydrogen-bond donors (Lipinski definition) is 1. The van der Waals surface area contributed by atoms with Gasteiger partial charge in [-0.05, 0) is 0 Å². The third kappa shape index (κ3) is 0.987. The Bertz CT molecular complexity index is 401. The van der Waals surface area contributed by atoms with Crippen LogP contribution in [0.3, 0.4) is 0 Å². The van der Waals surface area contributed by atoms with E-state index in [0.29, 0.717) is 0 Å². The van der Waals surface area contributed by atoms with Gasteiger partial charge in [0.1, 0.15) is 0 Å². The predicted octanol–water partition coefficient (Wildman–Crippen LogP) is 1.60. The average molecular weight is 188 g/mol. The maximum absolute atomic E-state index is 7.25. The maximum atomic E-state index is 7.25. The summed E-state index contributed by atoms with van der Waals surface area (Å²) in [6.07, 6.45) is 4.20. The molecule has 1 unspecified atom stereocenters. The van der Waals surface area contributed by atoms with Gasteiger partial charge in [0, 0.05) is 18.8 Å². The second-order valence-corrected chi connectivity index (χ2v) is 4.36. The highest BCUT2D eigenvalue weighted by molar-refractivity contribution is 5.38. The number of hydrogen-bond acceptors (Lipinski definition) is 3. The fourth-order valence-corrected chi connectivity index (χ4v) is 1.90. The van der Waals surface area contributed by atoms with E-state index >= 15 is 0 Å². The van der Waals surface area contributed by atoms with Crippen LogP contribution in [0.5, 0.6) is 0 Å². The van der Waals surface area contributed by atoms with Gasteiger partial charge in [-0.3, -0.25) is 0 Å². The molecule has 0 aliphatic heterocycles. The molecule has 1 aromatic rings. The molecule has 1 heterocycles. The van der Waals surface area contributed by atoms with E-state index in [-0.39, 0.29) is 11.4 Å². The van der Waals surface area contributed by atoms with Crippen molar-refractivity contribution in [2.75, 3.05) is 5.73 Å². The summed E-state index contributed by atoms with van der Waals surface area (Å²) in [4.78, 5) is 11.6. The minimum absolute atomic E-state index is 0.0359. The van der Waals surface area contributed by atoms with Crippen LogP contribution >= 0.6 is 0 Å². The Balaban J connectivity index is 2.42. The van der Waals surface area contributed by atoms with Gasteiger partial charge in [-0.15, -0.1) is 0 Å². The van der Waals surface area contributed by atoms with Crippen molar-refractivity contribution in [3.63, 3.8) is 0 Å². The normalized spacial score (nSPS) is 28.1. The molecule has 1 aromatic heterocycles. The van der Waals surface area contributed by atoms with Crippen molar-refractivity contribution < 1.29 is 0 Å². The monoisotopic (exact) mass is 188 g/mol. The van der Waals surface area contributed by atoms with Crippen LogP contribution in [-0.4, -0.2) is 9.97 Å². The molecule has 0 amide bonds. The SMILES string of the molecule is [C-]#[N+]C1(c2cnc(N)nc2)CC1(C)C. The lowest BCUT2D eigenvalue weighted by Gasteiger charge is -2.07. The Morgan fingerprint density at radius 1 is 1.43 bits per heavy atom. The lowest BCUT2D eigenvalue weighted by Crippen LogP contribution is -2.10. The molecule has 4 nitrogen and oxygen atoms in total. The zero-order chi connectivity index (χ0) is 10.4. The second-order valence-electron chi connectivity index (χ2n) is 4.36. The smallest absolute Gasteiger partial charge is 0.266 e. The van der Waals surface area contributed by atoms with Crippen LogP contribution in [-0.2, 0) is 5.54 Å². The second kappa shape index (κ2) is 2.44. The molecule has 1 atom stereocenters. The van der Waals surface area contributed by atoms with Crippen molar-refractivity contribution in [1.82, 2.24) is 9.97 Å². The molecule has 1 fully saturated rings. The summed E-state index contributed by atoms with van der Waals surface area (Å²) in [5, 5.41) is 0. The summed E-state index contributed by atoms with van der Waals surface area (Å²) < 4.78 is 0. The van der Waals surface area contributed by atoms with Crippen LogP contribution in [0, 0.1) is 12.0 Å². The molecule has 14 heavy (non-hydrogen) atoms. The van der Waals surface area contributed by atoms with Gasteiger partial charge in [0.15, 0.2) is 0 Å². The topological polar surface area (TPSA) is 56.2 Å². The third-order valence-corrected chi connectivity index (χ3v) is 3.03. The van der Waals surface area contributed by atoms with Crippen molar-refractivity contribution in [2.45, 2.75) is 25.8 Å². The van der Waals surface area contributed by atoms with E-state index in [9.17, 15) is 0 Å². The van der Waals surface area contributed by atoms with E-state index in [4.69, 9.17) is 12.3 Å². The summed E-state index contributed by atoms with van der Waals surface area (Å²) in [7, 11) is 0. The molecule has 1 aliphatic carbocycles. The number of nitrogen functional groups attached to an aromatic ring is 1. The molecule has 0 spiro atoms.